The molecule has 0 heterocycles. The zero-order valence-electron chi connectivity index (χ0n) is 20.2. The van der Waals surface area contributed by atoms with Crippen molar-refractivity contribution in [1.82, 2.24) is 5.32 Å². The van der Waals surface area contributed by atoms with Gasteiger partial charge in [-0.3, -0.25) is 4.79 Å². The number of aryl methyl sites for hydroxylation is 1. The van der Waals surface area contributed by atoms with E-state index < -0.39 is 11.9 Å². The molecule has 186 valence electrons. The summed E-state index contributed by atoms with van der Waals surface area (Å²) in [6.45, 7) is 2.49. The third-order valence-electron chi connectivity index (χ3n) is 5.19. The van der Waals surface area contributed by atoms with E-state index in [0.29, 0.717) is 12.1 Å². The Labute approximate surface area is 216 Å². The van der Waals surface area contributed by atoms with Crippen molar-refractivity contribution in [2.45, 2.75) is 23.7 Å². The molecule has 1 atom stereocenters. The summed E-state index contributed by atoms with van der Waals surface area (Å²) in [5.74, 6) is 0.180. The van der Waals surface area contributed by atoms with Gasteiger partial charge in [0.2, 0.25) is 0 Å². The average molecular weight is 503 g/mol. The van der Waals surface area contributed by atoms with E-state index in [4.69, 9.17) is 0 Å². The number of rotatable bonds is 9. The van der Waals surface area contributed by atoms with Crippen LogP contribution in [0.1, 0.15) is 21.5 Å². The summed E-state index contributed by atoms with van der Waals surface area (Å²) < 4.78 is 12.9. The van der Waals surface area contributed by atoms with Gasteiger partial charge in [-0.1, -0.05) is 66.2 Å². The second kappa shape index (κ2) is 14.7. The third-order valence-corrected chi connectivity index (χ3v) is 6.27. The standard InChI is InChI=1S/C23H23FN2O2S.C7H8/c24-19-8-6-18(7-9-19)23(28)26-15-21(27)14-25-20-10-12-22(13-11-20)29-16-17-4-2-1-3-5-17;1-7-5-3-2-4-6-7/h1-13,21,25,27H,14-16H2,(H,26,28);2-6H,1H3. The Morgan fingerprint density at radius 1 is 0.833 bits per heavy atom. The molecule has 4 nitrogen and oxygen atoms in total. The molecule has 1 amide bonds. The molecule has 0 aromatic heterocycles. The Bertz CT molecular complexity index is 1170. The summed E-state index contributed by atoms with van der Waals surface area (Å²) in [6, 6.07) is 33.9. The summed E-state index contributed by atoms with van der Waals surface area (Å²) in [6.07, 6.45) is -0.744. The SMILES string of the molecule is Cc1ccccc1.O=C(NCC(O)CNc1ccc(SCc2ccccc2)cc1)c1ccc(F)cc1. The van der Waals surface area contributed by atoms with E-state index in [2.05, 4.69) is 41.8 Å². The molecule has 36 heavy (non-hydrogen) atoms. The Morgan fingerprint density at radius 3 is 2.03 bits per heavy atom. The highest BCUT2D eigenvalue weighted by Crippen LogP contribution is 2.24. The molecule has 0 radical (unpaired) electrons. The number of nitrogens with one attached hydrogen (secondary N) is 2. The molecule has 4 aromatic carbocycles. The minimum absolute atomic E-state index is 0.105. The van der Waals surface area contributed by atoms with Gasteiger partial charge in [0.1, 0.15) is 5.82 Å². The molecule has 0 spiro atoms. The second-order valence-electron chi connectivity index (χ2n) is 8.20. The summed E-state index contributed by atoms with van der Waals surface area (Å²) in [5, 5.41) is 15.9. The highest BCUT2D eigenvalue weighted by molar-refractivity contribution is 7.98. The lowest BCUT2D eigenvalue weighted by molar-refractivity contribution is 0.0921. The van der Waals surface area contributed by atoms with Crippen LogP contribution >= 0.6 is 11.8 Å². The van der Waals surface area contributed by atoms with Crippen LogP contribution in [0.3, 0.4) is 0 Å². The van der Waals surface area contributed by atoms with Gasteiger partial charge >= 0.3 is 0 Å². The molecule has 0 saturated carbocycles. The van der Waals surface area contributed by atoms with E-state index in [0.717, 1.165) is 11.4 Å². The van der Waals surface area contributed by atoms with Crippen LogP contribution in [0.4, 0.5) is 10.1 Å². The minimum atomic E-state index is -0.744. The number of hydrogen-bond donors (Lipinski definition) is 3. The van der Waals surface area contributed by atoms with Crippen molar-refractivity contribution < 1.29 is 14.3 Å². The number of benzene rings is 4. The number of aliphatic hydroxyl groups excluding tert-OH is 1. The molecule has 0 fully saturated rings. The number of halogens is 1. The van der Waals surface area contributed by atoms with Gasteiger partial charge in [0, 0.05) is 35.0 Å². The number of hydrogen-bond acceptors (Lipinski definition) is 4. The van der Waals surface area contributed by atoms with Gasteiger partial charge in [0.05, 0.1) is 6.10 Å². The van der Waals surface area contributed by atoms with E-state index in [9.17, 15) is 14.3 Å². The number of thioether (sulfide) groups is 1. The summed E-state index contributed by atoms with van der Waals surface area (Å²) in [4.78, 5) is 13.1. The topological polar surface area (TPSA) is 61.4 Å². The van der Waals surface area contributed by atoms with Crippen LogP contribution in [0.5, 0.6) is 0 Å². The van der Waals surface area contributed by atoms with Crippen molar-refractivity contribution in [2.24, 2.45) is 0 Å². The fraction of sp³-hybridized carbons (Fsp3) is 0.167. The van der Waals surface area contributed by atoms with Crippen LogP contribution < -0.4 is 10.6 Å². The fourth-order valence-corrected chi connectivity index (χ4v) is 4.02. The molecule has 4 aromatic rings. The zero-order valence-corrected chi connectivity index (χ0v) is 21.0. The predicted molar refractivity (Wildman–Crippen MR) is 147 cm³/mol. The van der Waals surface area contributed by atoms with Crippen LogP contribution in [-0.4, -0.2) is 30.2 Å². The van der Waals surface area contributed by atoms with Gasteiger partial charge in [-0.05, 0) is 61.0 Å². The molecule has 0 bridgehead atoms. The van der Waals surface area contributed by atoms with E-state index in [-0.39, 0.29) is 12.5 Å². The van der Waals surface area contributed by atoms with Gasteiger partial charge in [-0.25, -0.2) is 4.39 Å². The first-order chi connectivity index (χ1) is 17.5. The quantitative estimate of drug-likeness (QED) is 0.235. The van der Waals surface area contributed by atoms with Crippen LogP contribution in [-0.2, 0) is 5.75 Å². The number of carbonyl (C=O) groups is 1. The lowest BCUT2D eigenvalue weighted by Crippen LogP contribution is -2.35. The van der Waals surface area contributed by atoms with Crippen molar-refractivity contribution in [2.75, 3.05) is 18.4 Å². The van der Waals surface area contributed by atoms with Crippen molar-refractivity contribution >= 4 is 23.4 Å². The Hall–Kier alpha value is -3.61. The molecule has 0 aliphatic carbocycles. The van der Waals surface area contributed by atoms with Gasteiger partial charge in [0.15, 0.2) is 0 Å². The van der Waals surface area contributed by atoms with E-state index in [1.54, 1.807) is 11.8 Å². The Kier molecular flexibility index (Phi) is 11.0. The number of amides is 1. The third kappa shape index (κ3) is 9.94. The summed E-state index contributed by atoms with van der Waals surface area (Å²) in [7, 11) is 0. The summed E-state index contributed by atoms with van der Waals surface area (Å²) >= 11 is 1.77. The van der Waals surface area contributed by atoms with E-state index >= 15 is 0 Å². The maximum Gasteiger partial charge on any atom is 0.251 e. The first-order valence-electron chi connectivity index (χ1n) is 11.7. The van der Waals surface area contributed by atoms with E-state index in [1.165, 1.54) is 40.3 Å². The zero-order chi connectivity index (χ0) is 25.6. The molecule has 0 aliphatic heterocycles. The summed E-state index contributed by atoms with van der Waals surface area (Å²) in [5.41, 5.74) is 3.86. The highest BCUT2D eigenvalue weighted by atomic mass is 32.2. The second-order valence-corrected chi connectivity index (χ2v) is 9.25. The molecular weight excluding hydrogens is 471 g/mol. The number of aliphatic hydroxyl groups is 1. The van der Waals surface area contributed by atoms with Crippen molar-refractivity contribution in [3.8, 4) is 0 Å². The van der Waals surface area contributed by atoms with Crippen LogP contribution in [0.2, 0.25) is 0 Å². The number of carbonyl (C=O) groups excluding carboxylic acids is 1. The average Bonchev–Trinajstić information content (AvgIpc) is 2.92. The molecule has 4 rings (SSSR count). The van der Waals surface area contributed by atoms with Crippen molar-refractivity contribution in [3.63, 3.8) is 0 Å². The van der Waals surface area contributed by atoms with E-state index in [1.807, 2.05) is 60.7 Å². The first-order valence-corrected chi connectivity index (χ1v) is 12.7. The van der Waals surface area contributed by atoms with Crippen LogP contribution in [0.25, 0.3) is 0 Å². The van der Waals surface area contributed by atoms with Gasteiger partial charge in [0.25, 0.3) is 5.91 Å². The molecule has 0 aliphatic rings. The Morgan fingerprint density at radius 2 is 1.44 bits per heavy atom. The van der Waals surface area contributed by atoms with Crippen molar-refractivity contribution in [1.29, 1.82) is 0 Å². The molecule has 6 heteroatoms. The van der Waals surface area contributed by atoms with Crippen molar-refractivity contribution in [3.05, 3.63) is 132 Å². The Balaban J connectivity index is 0.000000444. The lowest BCUT2D eigenvalue weighted by atomic mass is 10.2. The lowest BCUT2D eigenvalue weighted by Gasteiger charge is -2.14. The predicted octanol–water partition coefficient (Wildman–Crippen LogP) is 6.32. The maximum absolute atomic E-state index is 12.9. The monoisotopic (exact) mass is 502 g/mol. The largest absolute Gasteiger partial charge is 0.389 e. The smallest absolute Gasteiger partial charge is 0.251 e. The molecule has 3 N–H and O–H groups in total. The van der Waals surface area contributed by atoms with Crippen LogP contribution in [0, 0.1) is 12.7 Å². The molecule has 0 saturated heterocycles. The maximum atomic E-state index is 12.9. The highest BCUT2D eigenvalue weighted by Gasteiger charge is 2.09. The van der Waals surface area contributed by atoms with Gasteiger partial charge in [-0.2, -0.15) is 0 Å². The molecule has 1 unspecified atom stereocenters. The van der Waals surface area contributed by atoms with Crippen LogP contribution in [0.15, 0.2) is 114 Å². The normalized spacial score (nSPS) is 11.1. The molecular formula is C30H31FN2O2S. The number of anilines is 1. The van der Waals surface area contributed by atoms with Gasteiger partial charge in [-0.15, -0.1) is 11.8 Å². The fourth-order valence-electron chi connectivity index (χ4n) is 3.17. The first kappa shape index (κ1) is 27.0. The minimum Gasteiger partial charge on any atom is -0.389 e. The van der Waals surface area contributed by atoms with Gasteiger partial charge < -0.3 is 15.7 Å².